The Bertz CT molecular complexity index is 611. The number of carbonyl (C=O) groups excluding carboxylic acids is 1. The van der Waals surface area contributed by atoms with Crippen molar-refractivity contribution in [1.82, 2.24) is 25.7 Å². The molecule has 0 atom stereocenters. The van der Waals surface area contributed by atoms with E-state index >= 15 is 0 Å². The summed E-state index contributed by atoms with van der Waals surface area (Å²) >= 11 is 2.05. The van der Waals surface area contributed by atoms with Crippen molar-refractivity contribution in [3.05, 3.63) is 17.0 Å². The van der Waals surface area contributed by atoms with E-state index in [0.717, 1.165) is 50.4 Å². The van der Waals surface area contributed by atoms with E-state index in [-0.39, 0.29) is 23.9 Å². The molecule has 2 fully saturated rings. The van der Waals surface area contributed by atoms with Gasteiger partial charge in [-0.1, -0.05) is 19.3 Å². The van der Waals surface area contributed by atoms with Gasteiger partial charge in [0, 0.05) is 67.4 Å². The fourth-order valence-corrected chi connectivity index (χ4v) is 5.50. The lowest BCUT2D eigenvalue weighted by Crippen LogP contribution is -2.59. The molecule has 146 valence electrons. The number of halogens is 1. The van der Waals surface area contributed by atoms with Crippen LogP contribution in [0.2, 0.25) is 0 Å². The maximum absolute atomic E-state index is 12.8. The first-order chi connectivity index (χ1) is 12.3. The van der Waals surface area contributed by atoms with Crippen LogP contribution in [-0.2, 0) is 13.0 Å². The van der Waals surface area contributed by atoms with Crippen molar-refractivity contribution in [1.29, 1.82) is 0 Å². The highest BCUT2D eigenvalue weighted by molar-refractivity contribution is 7.99. The molecule has 3 heterocycles. The number of amides is 1. The van der Waals surface area contributed by atoms with Gasteiger partial charge in [-0.15, -0.1) is 12.4 Å². The van der Waals surface area contributed by atoms with E-state index in [0.29, 0.717) is 5.69 Å². The van der Waals surface area contributed by atoms with E-state index in [1.807, 2.05) is 11.8 Å². The number of nitrogens with one attached hydrogen (secondary N) is 3. The van der Waals surface area contributed by atoms with Crippen LogP contribution in [0, 0.1) is 0 Å². The largest absolute Gasteiger partial charge is 0.349 e. The second-order valence-corrected chi connectivity index (χ2v) is 8.75. The topological polar surface area (TPSA) is 73.0 Å². The highest BCUT2D eigenvalue weighted by atomic mass is 35.5. The number of H-pyrrole nitrogens is 1. The molecule has 0 spiro atoms. The Morgan fingerprint density at radius 3 is 2.77 bits per heavy atom. The van der Waals surface area contributed by atoms with Crippen LogP contribution in [0.15, 0.2) is 0 Å². The van der Waals surface area contributed by atoms with Gasteiger partial charge >= 0.3 is 0 Å². The number of fused-ring (bicyclic) bond motifs is 1. The fraction of sp³-hybridized carbons (Fsp3) is 0.778. The summed E-state index contributed by atoms with van der Waals surface area (Å²) in [6.07, 6.45) is 7.22. The van der Waals surface area contributed by atoms with Crippen LogP contribution in [0.1, 0.15) is 53.8 Å². The molecule has 1 saturated heterocycles. The minimum Gasteiger partial charge on any atom is -0.349 e. The molecule has 1 amide bonds. The van der Waals surface area contributed by atoms with Crippen molar-refractivity contribution in [3.8, 4) is 0 Å². The lowest BCUT2D eigenvalue weighted by Gasteiger charge is -2.48. The van der Waals surface area contributed by atoms with Crippen molar-refractivity contribution < 1.29 is 4.79 Å². The molecule has 3 N–H and O–H groups in total. The predicted octanol–water partition coefficient (Wildman–Crippen LogP) is 1.96. The van der Waals surface area contributed by atoms with E-state index in [1.54, 1.807) is 0 Å². The molecule has 0 unspecified atom stereocenters. The number of hydrogen-bond donors (Lipinski definition) is 3. The van der Waals surface area contributed by atoms with Gasteiger partial charge in [0.1, 0.15) is 0 Å². The standard InChI is InChI=1S/C18H29N5OS.ClH/c24-17(16-14-12-19-7-4-15(14)21-22-16)20-13-18(5-2-1-3-6-18)23-8-10-25-11-9-23;/h19H,1-13H2,(H,20,24)(H,21,22);1H. The molecule has 4 rings (SSSR count). The van der Waals surface area contributed by atoms with Gasteiger partial charge < -0.3 is 10.6 Å². The lowest BCUT2D eigenvalue weighted by atomic mass is 9.80. The first-order valence-electron chi connectivity index (χ1n) is 9.66. The van der Waals surface area contributed by atoms with Crippen molar-refractivity contribution in [2.24, 2.45) is 0 Å². The minimum atomic E-state index is -0.0162. The molecule has 2 aliphatic heterocycles. The summed E-state index contributed by atoms with van der Waals surface area (Å²) in [5, 5.41) is 13.9. The van der Waals surface area contributed by atoms with Crippen molar-refractivity contribution in [3.63, 3.8) is 0 Å². The van der Waals surface area contributed by atoms with Crippen LogP contribution in [0.4, 0.5) is 0 Å². The zero-order valence-electron chi connectivity index (χ0n) is 15.3. The normalized spacial score (nSPS) is 22.9. The summed E-state index contributed by atoms with van der Waals surface area (Å²) in [6.45, 7) is 4.76. The van der Waals surface area contributed by atoms with E-state index in [4.69, 9.17) is 0 Å². The van der Waals surface area contributed by atoms with E-state index in [1.165, 1.54) is 43.6 Å². The Labute approximate surface area is 166 Å². The molecule has 8 heteroatoms. The Balaban J connectivity index is 0.00000196. The summed E-state index contributed by atoms with van der Waals surface area (Å²) in [6, 6.07) is 0. The molecular weight excluding hydrogens is 370 g/mol. The quantitative estimate of drug-likeness (QED) is 0.721. The zero-order chi connectivity index (χ0) is 17.1. The van der Waals surface area contributed by atoms with Gasteiger partial charge in [-0.2, -0.15) is 16.9 Å². The summed E-state index contributed by atoms with van der Waals surface area (Å²) in [4.78, 5) is 15.5. The van der Waals surface area contributed by atoms with Gasteiger partial charge in [-0.3, -0.25) is 14.8 Å². The second-order valence-electron chi connectivity index (χ2n) is 7.52. The molecule has 0 bridgehead atoms. The maximum Gasteiger partial charge on any atom is 0.272 e. The number of nitrogens with zero attached hydrogens (tertiary/aromatic N) is 2. The molecule has 1 aromatic heterocycles. The summed E-state index contributed by atoms with van der Waals surface area (Å²) < 4.78 is 0. The first kappa shape index (κ1) is 20.0. The number of carbonyl (C=O) groups is 1. The summed E-state index contributed by atoms with van der Waals surface area (Å²) in [5.74, 6) is 2.42. The Kier molecular flexibility index (Phi) is 6.88. The van der Waals surface area contributed by atoms with Crippen LogP contribution >= 0.6 is 24.2 Å². The average Bonchev–Trinajstić information content (AvgIpc) is 3.12. The molecule has 0 aromatic carbocycles. The zero-order valence-corrected chi connectivity index (χ0v) is 16.9. The van der Waals surface area contributed by atoms with Gasteiger partial charge in [0.25, 0.3) is 5.91 Å². The van der Waals surface area contributed by atoms with E-state index in [2.05, 4.69) is 25.7 Å². The monoisotopic (exact) mass is 399 g/mol. The Hall–Kier alpha value is -0.760. The Morgan fingerprint density at radius 1 is 1.23 bits per heavy atom. The lowest BCUT2D eigenvalue weighted by molar-refractivity contribution is 0.0547. The molecule has 1 aliphatic carbocycles. The molecule has 1 saturated carbocycles. The number of rotatable bonds is 4. The van der Waals surface area contributed by atoms with Gasteiger partial charge in [0.15, 0.2) is 5.69 Å². The van der Waals surface area contributed by atoms with Crippen LogP contribution in [0.5, 0.6) is 0 Å². The maximum atomic E-state index is 12.8. The van der Waals surface area contributed by atoms with E-state index < -0.39 is 0 Å². The van der Waals surface area contributed by atoms with Crippen molar-refractivity contribution in [2.45, 2.75) is 50.6 Å². The number of hydrogen-bond acceptors (Lipinski definition) is 5. The molecule has 0 radical (unpaired) electrons. The highest BCUT2D eigenvalue weighted by Gasteiger charge is 2.39. The van der Waals surface area contributed by atoms with Gasteiger partial charge in [0.05, 0.1) is 0 Å². The average molecular weight is 400 g/mol. The second kappa shape index (κ2) is 8.95. The van der Waals surface area contributed by atoms with Crippen LogP contribution in [0.3, 0.4) is 0 Å². The van der Waals surface area contributed by atoms with Crippen molar-refractivity contribution in [2.75, 3.05) is 37.7 Å². The van der Waals surface area contributed by atoms with Crippen molar-refractivity contribution >= 4 is 30.1 Å². The molecule has 6 nitrogen and oxygen atoms in total. The van der Waals surface area contributed by atoms with Crippen LogP contribution in [0.25, 0.3) is 0 Å². The van der Waals surface area contributed by atoms with Crippen LogP contribution < -0.4 is 10.6 Å². The molecule has 26 heavy (non-hydrogen) atoms. The Morgan fingerprint density at radius 2 is 2.00 bits per heavy atom. The first-order valence-corrected chi connectivity index (χ1v) is 10.8. The number of aromatic amines is 1. The minimum absolute atomic E-state index is 0. The molecule has 1 aromatic rings. The fourth-order valence-electron chi connectivity index (χ4n) is 4.59. The third-order valence-electron chi connectivity index (χ3n) is 6.07. The molecular formula is C18H30ClN5OS. The van der Waals surface area contributed by atoms with Gasteiger partial charge in [-0.25, -0.2) is 0 Å². The number of aromatic nitrogens is 2. The number of thioether (sulfide) groups is 1. The molecule has 3 aliphatic rings. The smallest absolute Gasteiger partial charge is 0.272 e. The van der Waals surface area contributed by atoms with E-state index in [9.17, 15) is 4.79 Å². The third-order valence-corrected chi connectivity index (χ3v) is 7.01. The van der Waals surface area contributed by atoms with Gasteiger partial charge in [0.2, 0.25) is 0 Å². The van der Waals surface area contributed by atoms with Crippen LogP contribution in [-0.4, -0.2) is 64.2 Å². The predicted molar refractivity (Wildman–Crippen MR) is 108 cm³/mol. The highest BCUT2D eigenvalue weighted by Crippen LogP contribution is 2.35. The van der Waals surface area contributed by atoms with Gasteiger partial charge in [-0.05, 0) is 12.8 Å². The SMILES string of the molecule is Cl.O=C(NCC1(N2CCSCC2)CCCCC1)c1n[nH]c2c1CNCC2. The summed E-state index contributed by atoms with van der Waals surface area (Å²) in [7, 11) is 0. The third kappa shape index (κ3) is 4.06. The summed E-state index contributed by atoms with van der Waals surface area (Å²) in [5.41, 5.74) is 2.91.